The van der Waals surface area contributed by atoms with E-state index in [1.165, 1.54) is 25.7 Å². The number of rotatable bonds is 6. The first-order valence-corrected chi connectivity index (χ1v) is 4.26. The van der Waals surface area contributed by atoms with Crippen LogP contribution in [-0.2, 0) is 4.74 Å². The molecule has 0 N–H and O–H groups in total. The zero-order valence-corrected chi connectivity index (χ0v) is 7.23. The van der Waals surface area contributed by atoms with Crippen molar-refractivity contribution in [1.29, 1.82) is 0 Å². The maximum atomic E-state index is 5.00. The van der Waals surface area contributed by atoms with Crippen molar-refractivity contribution in [1.82, 2.24) is 0 Å². The van der Waals surface area contributed by atoms with Crippen LogP contribution in [0.4, 0.5) is 0 Å². The molecular weight excluding hydrogens is 124 g/mol. The quantitative estimate of drug-likeness (QED) is 0.519. The molecule has 0 spiro atoms. The summed E-state index contributed by atoms with van der Waals surface area (Å²) in [7, 11) is 3.44. The van der Waals surface area contributed by atoms with Gasteiger partial charge in [0.25, 0.3) is 0 Å². The van der Waals surface area contributed by atoms with Gasteiger partial charge < -0.3 is 4.74 Å². The second-order valence-corrected chi connectivity index (χ2v) is 2.69. The molecule has 0 amide bonds. The predicted octanol–water partition coefficient (Wildman–Crippen LogP) is 3.15. The maximum absolute atomic E-state index is 5.00. The van der Waals surface area contributed by atoms with E-state index in [0.29, 0.717) is 6.10 Å². The third-order valence-electron chi connectivity index (χ3n) is 1.82. The van der Waals surface area contributed by atoms with Crippen LogP contribution in [0.2, 0.25) is 0 Å². The van der Waals surface area contributed by atoms with Crippen LogP contribution in [0.15, 0.2) is 0 Å². The molecule has 0 bridgehead atoms. The molecule has 61 valence electrons. The van der Waals surface area contributed by atoms with Crippen molar-refractivity contribution in [3.05, 3.63) is 7.11 Å². The van der Waals surface area contributed by atoms with Crippen LogP contribution < -0.4 is 0 Å². The normalized spacial score (nSPS) is 13.5. The lowest BCUT2D eigenvalue weighted by molar-refractivity contribution is 0.123. The first-order valence-electron chi connectivity index (χ1n) is 4.26. The van der Waals surface area contributed by atoms with Gasteiger partial charge in [-0.25, -0.2) is 0 Å². The van der Waals surface area contributed by atoms with Crippen LogP contribution in [0.3, 0.4) is 0 Å². The zero-order valence-electron chi connectivity index (χ0n) is 7.23. The standard InChI is InChI=1S/C9H19O/c1-4-6-7-8-9(5-2)10-3/h9H,3-8H2,1-2H3. The van der Waals surface area contributed by atoms with Crippen molar-refractivity contribution in [3.63, 3.8) is 0 Å². The van der Waals surface area contributed by atoms with Gasteiger partial charge in [0.1, 0.15) is 0 Å². The average molecular weight is 143 g/mol. The molecule has 0 aliphatic rings. The second-order valence-electron chi connectivity index (χ2n) is 2.69. The summed E-state index contributed by atoms with van der Waals surface area (Å²) in [6.07, 6.45) is 6.55. The average Bonchev–Trinajstić information content (AvgIpc) is 1.99. The Hall–Kier alpha value is -0.0400. The molecule has 0 aromatic heterocycles. The Kier molecular flexibility index (Phi) is 7.04. The molecular formula is C9H19O. The second kappa shape index (κ2) is 7.07. The highest BCUT2D eigenvalue weighted by Gasteiger charge is 2.01. The Bertz CT molecular complexity index is 57.7. The molecule has 1 heteroatoms. The lowest BCUT2D eigenvalue weighted by Crippen LogP contribution is -2.06. The molecule has 1 nitrogen and oxygen atoms in total. The Morgan fingerprint density at radius 3 is 2.40 bits per heavy atom. The van der Waals surface area contributed by atoms with E-state index in [1.807, 2.05) is 0 Å². The van der Waals surface area contributed by atoms with Crippen LogP contribution in [0.25, 0.3) is 0 Å². The van der Waals surface area contributed by atoms with Crippen molar-refractivity contribution in [3.8, 4) is 0 Å². The summed E-state index contributed by atoms with van der Waals surface area (Å²) in [5.74, 6) is 0. The fourth-order valence-corrected chi connectivity index (χ4v) is 1.03. The first-order chi connectivity index (χ1) is 4.85. The van der Waals surface area contributed by atoms with Crippen LogP contribution in [0, 0.1) is 7.11 Å². The molecule has 0 aliphatic carbocycles. The fraction of sp³-hybridized carbons (Fsp3) is 0.889. The lowest BCUT2D eigenvalue weighted by Gasteiger charge is -2.11. The van der Waals surface area contributed by atoms with Gasteiger partial charge in [-0.05, 0) is 12.8 Å². The van der Waals surface area contributed by atoms with E-state index in [1.54, 1.807) is 0 Å². The van der Waals surface area contributed by atoms with E-state index in [4.69, 9.17) is 4.74 Å². The summed E-state index contributed by atoms with van der Waals surface area (Å²) >= 11 is 0. The number of hydrogen-bond acceptors (Lipinski definition) is 1. The highest BCUT2D eigenvalue weighted by Crippen LogP contribution is 2.08. The van der Waals surface area contributed by atoms with Gasteiger partial charge in [0.2, 0.25) is 0 Å². The third-order valence-corrected chi connectivity index (χ3v) is 1.82. The summed E-state index contributed by atoms with van der Waals surface area (Å²) in [6, 6.07) is 0. The van der Waals surface area contributed by atoms with E-state index in [9.17, 15) is 0 Å². The largest absolute Gasteiger partial charge is 0.376 e. The molecule has 1 atom stereocenters. The summed E-state index contributed by atoms with van der Waals surface area (Å²) in [5.41, 5.74) is 0. The minimum Gasteiger partial charge on any atom is -0.376 e. The van der Waals surface area contributed by atoms with Crippen molar-refractivity contribution >= 4 is 0 Å². The molecule has 0 aromatic carbocycles. The van der Waals surface area contributed by atoms with Gasteiger partial charge in [0.15, 0.2) is 0 Å². The Balaban J connectivity index is 3.09. The maximum Gasteiger partial charge on any atom is 0.0704 e. The van der Waals surface area contributed by atoms with E-state index >= 15 is 0 Å². The van der Waals surface area contributed by atoms with Gasteiger partial charge in [-0.2, -0.15) is 0 Å². The van der Waals surface area contributed by atoms with E-state index in [-0.39, 0.29) is 0 Å². The van der Waals surface area contributed by atoms with Gasteiger partial charge >= 0.3 is 0 Å². The first kappa shape index (κ1) is 9.96. The van der Waals surface area contributed by atoms with Crippen LogP contribution in [-0.4, -0.2) is 6.10 Å². The Labute approximate surface area is 64.8 Å². The molecule has 0 aliphatic heterocycles. The number of hydrogen-bond donors (Lipinski definition) is 0. The van der Waals surface area contributed by atoms with Gasteiger partial charge in [-0.15, -0.1) is 0 Å². The molecule has 0 heterocycles. The van der Waals surface area contributed by atoms with Crippen molar-refractivity contribution < 1.29 is 4.74 Å². The summed E-state index contributed by atoms with van der Waals surface area (Å²) in [5, 5.41) is 0. The fourth-order valence-electron chi connectivity index (χ4n) is 1.03. The number of unbranched alkanes of at least 4 members (excludes halogenated alkanes) is 2. The predicted molar refractivity (Wildman–Crippen MR) is 44.7 cm³/mol. The summed E-state index contributed by atoms with van der Waals surface area (Å²) in [4.78, 5) is 0. The topological polar surface area (TPSA) is 9.23 Å². The molecule has 0 aromatic rings. The monoisotopic (exact) mass is 143 g/mol. The highest BCUT2D eigenvalue weighted by atomic mass is 16.5. The van der Waals surface area contributed by atoms with Crippen LogP contribution >= 0.6 is 0 Å². The third kappa shape index (κ3) is 4.80. The van der Waals surface area contributed by atoms with Gasteiger partial charge in [-0.1, -0.05) is 33.1 Å². The van der Waals surface area contributed by atoms with Gasteiger partial charge in [0.05, 0.1) is 13.2 Å². The molecule has 0 saturated heterocycles. The molecule has 0 rings (SSSR count). The lowest BCUT2D eigenvalue weighted by atomic mass is 10.1. The summed E-state index contributed by atoms with van der Waals surface area (Å²) in [6.45, 7) is 4.35. The van der Waals surface area contributed by atoms with E-state index < -0.39 is 0 Å². The number of ether oxygens (including phenoxy) is 1. The van der Waals surface area contributed by atoms with Crippen molar-refractivity contribution in [2.75, 3.05) is 0 Å². The van der Waals surface area contributed by atoms with Gasteiger partial charge in [0, 0.05) is 0 Å². The smallest absolute Gasteiger partial charge is 0.0704 e. The zero-order chi connectivity index (χ0) is 7.82. The molecule has 1 unspecified atom stereocenters. The molecule has 1 radical (unpaired) electrons. The van der Waals surface area contributed by atoms with Crippen LogP contribution in [0.1, 0.15) is 46.0 Å². The van der Waals surface area contributed by atoms with Crippen molar-refractivity contribution in [2.24, 2.45) is 0 Å². The highest BCUT2D eigenvalue weighted by molar-refractivity contribution is 4.54. The minimum absolute atomic E-state index is 0.395. The molecule has 10 heavy (non-hydrogen) atoms. The van der Waals surface area contributed by atoms with Crippen LogP contribution in [0.5, 0.6) is 0 Å². The molecule has 0 fully saturated rings. The van der Waals surface area contributed by atoms with E-state index in [0.717, 1.165) is 6.42 Å². The SMILES string of the molecule is [CH2]OC(CC)CCCCC. The minimum atomic E-state index is 0.395. The van der Waals surface area contributed by atoms with E-state index in [2.05, 4.69) is 21.0 Å². The summed E-state index contributed by atoms with van der Waals surface area (Å²) < 4.78 is 5.00. The van der Waals surface area contributed by atoms with Gasteiger partial charge in [-0.3, -0.25) is 0 Å². The Morgan fingerprint density at radius 2 is 2.00 bits per heavy atom. The Morgan fingerprint density at radius 1 is 1.30 bits per heavy atom. The molecule has 0 saturated carbocycles. The van der Waals surface area contributed by atoms with Crippen molar-refractivity contribution in [2.45, 2.75) is 52.1 Å².